The van der Waals surface area contributed by atoms with E-state index in [1.165, 1.54) is 11.3 Å². The minimum Gasteiger partial charge on any atom is -0.378 e. The van der Waals surface area contributed by atoms with Crippen molar-refractivity contribution in [2.24, 2.45) is 0 Å². The summed E-state index contributed by atoms with van der Waals surface area (Å²) in [5.41, 5.74) is 3.65. The van der Waals surface area contributed by atoms with Gasteiger partial charge in [-0.05, 0) is 36.4 Å². The average Bonchev–Trinajstić information content (AvgIpc) is 2.48. The number of nitrogens with zero attached hydrogens (tertiary/aromatic N) is 2. The zero-order valence-electron chi connectivity index (χ0n) is 12.5. The van der Waals surface area contributed by atoms with Crippen molar-refractivity contribution in [2.45, 2.75) is 19.4 Å². The van der Waals surface area contributed by atoms with Crippen LogP contribution in [0.1, 0.15) is 24.2 Å². The van der Waals surface area contributed by atoms with Crippen LogP contribution in [0.3, 0.4) is 0 Å². The van der Waals surface area contributed by atoms with Gasteiger partial charge in [0.2, 0.25) is 0 Å². The molecule has 1 N–H and O–H groups in total. The highest BCUT2D eigenvalue weighted by Crippen LogP contribution is 2.20. The van der Waals surface area contributed by atoms with Crippen molar-refractivity contribution < 1.29 is 0 Å². The van der Waals surface area contributed by atoms with E-state index in [2.05, 4.69) is 66.6 Å². The molecule has 20 heavy (non-hydrogen) atoms. The van der Waals surface area contributed by atoms with E-state index in [-0.39, 0.29) is 0 Å². The van der Waals surface area contributed by atoms with Crippen molar-refractivity contribution in [3.8, 4) is 0 Å². The lowest BCUT2D eigenvalue weighted by Gasteiger charge is -2.19. The van der Waals surface area contributed by atoms with Crippen molar-refractivity contribution in [3.63, 3.8) is 0 Å². The minimum absolute atomic E-state index is 0.311. The lowest BCUT2D eigenvalue weighted by atomic mass is 10.0. The van der Waals surface area contributed by atoms with Crippen LogP contribution in [0.25, 0.3) is 0 Å². The Morgan fingerprint density at radius 1 is 1.10 bits per heavy atom. The Kier molecular flexibility index (Phi) is 5.13. The lowest BCUT2D eigenvalue weighted by molar-refractivity contribution is 0.544. The van der Waals surface area contributed by atoms with Crippen molar-refractivity contribution in [1.82, 2.24) is 10.3 Å². The summed E-state index contributed by atoms with van der Waals surface area (Å²) in [6, 6.07) is 15.1. The van der Waals surface area contributed by atoms with Gasteiger partial charge in [-0.1, -0.05) is 25.1 Å². The highest BCUT2D eigenvalue weighted by Gasteiger charge is 2.11. The first-order chi connectivity index (χ1) is 9.70. The second-order valence-electron chi connectivity index (χ2n) is 5.12. The van der Waals surface area contributed by atoms with Gasteiger partial charge in [-0.2, -0.15) is 0 Å². The van der Waals surface area contributed by atoms with Crippen molar-refractivity contribution >= 4 is 5.69 Å². The lowest BCUT2D eigenvalue weighted by Crippen LogP contribution is -2.23. The maximum atomic E-state index is 4.42. The van der Waals surface area contributed by atoms with E-state index in [1.807, 2.05) is 18.3 Å². The fraction of sp³-hybridized carbons (Fsp3) is 0.353. The highest BCUT2D eigenvalue weighted by atomic mass is 15.1. The summed E-state index contributed by atoms with van der Waals surface area (Å²) in [6.07, 6.45) is 2.77. The molecule has 2 rings (SSSR count). The smallest absolute Gasteiger partial charge is 0.0422 e. The number of rotatable bonds is 6. The van der Waals surface area contributed by atoms with Gasteiger partial charge in [0.05, 0.1) is 0 Å². The highest BCUT2D eigenvalue weighted by molar-refractivity contribution is 5.46. The van der Waals surface area contributed by atoms with Gasteiger partial charge in [0.25, 0.3) is 0 Å². The molecule has 0 radical (unpaired) electrons. The largest absolute Gasteiger partial charge is 0.378 e. The van der Waals surface area contributed by atoms with Gasteiger partial charge in [-0.25, -0.2) is 0 Å². The number of pyridine rings is 1. The van der Waals surface area contributed by atoms with E-state index in [4.69, 9.17) is 0 Å². The van der Waals surface area contributed by atoms with E-state index >= 15 is 0 Å². The summed E-state index contributed by atoms with van der Waals surface area (Å²) >= 11 is 0. The summed E-state index contributed by atoms with van der Waals surface area (Å²) in [4.78, 5) is 6.54. The summed E-state index contributed by atoms with van der Waals surface area (Å²) < 4.78 is 0. The molecule has 1 heterocycles. The third-order valence-electron chi connectivity index (χ3n) is 3.40. The van der Waals surface area contributed by atoms with E-state index in [0.717, 1.165) is 18.7 Å². The molecule has 0 aliphatic rings. The van der Waals surface area contributed by atoms with Crippen LogP contribution in [0, 0.1) is 0 Å². The predicted octanol–water partition coefficient (Wildman–Crippen LogP) is 3.04. The van der Waals surface area contributed by atoms with E-state index in [1.54, 1.807) is 0 Å². The predicted molar refractivity (Wildman–Crippen MR) is 85.1 cm³/mol. The molecule has 0 saturated carbocycles. The summed E-state index contributed by atoms with van der Waals surface area (Å²) in [5, 5.41) is 3.54. The molecule has 1 aromatic carbocycles. The molecule has 1 aromatic heterocycles. The molecule has 0 aliphatic heterocycles. The van der Waals surface area contributed by atoms with Crippen molar-refractivity contribution in [2.75, 3.05) is 25.5 Å². The van der Waals surface area contributed by atoms with Crippen LogP contribution in [-0.4, -0.2) is 25.6 Å². The molecule has 0 saturated heterocycles. The molecule has 1 atom stereocenters. The minimum atomic E-state index is 0.311. The Hall–Kier alpha value is -1.87. The Morgan fingerprint density at radius 2 is 1.85 bits per heavy atom. The number of hydrogen-bond acceptors (Lipinski definition) is 3. The Bertz CT molecular complexity index is 506. The maximum Gasteiger partial charge on any atom is 0.0422 e. The van der Waals surface area contributed by atoms with Crippen molar-refractivity contribution in [3.05, 3.63) is 59.9 Å². The third-order valence-corrected chi connectivity index (χ3v) is 3.40. The first-order valence-corrected chi connectivity index (χ1v) is 7.11. The van der Waals surface area contributed by atoms with Crippen molar-refractivity contribution in [1.29, 1.82) is 0 Å². The fourth-order valence-corrected chi connectivity index (χ4v) is 2.29. The Labute approximate surface area is 121 Å². The van der Waals surface area contributed by atoms with Crippen LogP contribution in [0.5, 0.6) is 0 Å². The van der Waals surface area contributed by atoms with Crippen LogP contribution in [0.2, 0.25) is 0 Å². The molecule has 3 nitrogen and oxygen atoms in total. The number of anilines is 1. The topological polar surface area (TPSA) is 28.2 Å². The van der Waals surface area contributed by atoms with Crippen LogP contribution in [-0.2, 0) is 6.42 Å². The van der Waals surface area contributed by atoms with Gasteiger partial charge in [-0.3, -0.25) is 4.98 Å². The zero-order valence-corrected chi connectivity index (χ0v) is 12.5. The maximum absolute atomic E-state index is 4.42. The molecular formula is C17H23N3. The molecule has 0 bridgehead atoms. The van der Waals surface area contributed by atoms with Gasteiger partial charge >= 0.3 is 0 Å². The number of nitrogens with one attached hydrogen (secondary N) is 1. The first kappa shape index (κ1) is 14.5. The summed E-state index contributed by atoms with van der Waals surface area (Å²) in [5.74, 6) is 0. The quantitative estimate of drug-likeness (QED) is 0.873. The molecule has 106 valence electrons. The van der Waals surface area contributed by atoms with Gasteiger partial charge in [0.15, 0.2) is 0 Å². The van der Waals surface area contributed by atoms with Crippen LogP contribution >= 0.6 is 0 Å². The molecule has 1 unspecified atom stereocenters. The molecule has 0 fully saturated rings. The average molecular weight is 269 g/mol. The van der Waals surface area contributed by atoms with E-state index < -0.39 is 0 Å². The number of benzene rings is 1. The SMILES string of the molecule is CCNC(Cc1ccccn1)c1ccc(N(C)C)cc1. The molecule has 0 spiro atoms. The molecule has 0 aliphatic carbocycles. The van der Waals surface area contributed by atoms with Gasteiger partial charge < -0.3 is 10.2 Å². The number of hydrogen-bond donors (Lipinski definition) is 1. The molecular weight excluding hydrogens is 246 g/mol. The molecule has 2 aromatic rings. The van der Waals surface area contributed by atoms with Crippen LogP contribution in [0.4, 0.5) is 5.69 Å². The van der Waals surface area contributed by atoms with Gasteiger partial charge in [0, 0.05) is 44.1 Å². The van der Waals surface area contributed by atoms with Crippen LogP contribution < -0.4 is 10.2 Å². The van der Waals surface area contributed by atoms with E-state index in [0.29, 0.717) is 6.04 Å². The molecule has 3 heteroatoms. The van der Waals surface area contributed by atoms with Gasteiger partial charge in [0.1, 0.15) is 0 Å². The zero-order chi connectivity index (χ0) is 14.4. The summed E-state index contributed by atoms with van der Waals surface area (Å²) in [7, 11) is 4.12. The Balaban J connectivity index is 2.15. The second-order valence-corrected chi connectivity index (χ2v) is 5.12. The standard InChI is InChI=1S/C17H23N3/c1-4-18-17(13-15-7-5-6-12-19-15)14-8-10-16(11-9-14)20(2)3/h5-12,17-18H,4,13H2,1-3H3. The number of likely N-dealkylation sites (N-methyl/N-ethyl adjacent to an activating group) is 1. The van der Waals surface area contributed by atoms with E-state index in [9.17, 15) is 0 Å². The second kappa shape index (κ2) is 7.06. The Morgan fingerprint density at radius 3 is 2.40 bits per heavy atom. The first-order valence-electron chi connectivity index (χ1n) is 7.11. The third kappa shape index (κ3) is 3.81. The normalized spacial score (nSPS) is 12.2. The number of aromatic nitrogens is 1. The monoisotopic (exact) mass is 269 g/mol. The molecule has 0 amide bonds. The fourth-order valence-electron chi connectivity index (χ4n) is 2.29. The summed E-state index contributed by atoms with van der Waals surface area (Å²) in [6.45, 7) is 3.09. The van der Waals surface area contributed by atoms with Crippen LogP contribution in [0.15, 0.2) is 48.7 Å². The van der Waals surface area contributed by atoms with Gasteiger partial charge in [-0.15, -0.1) is 0 Å².